The van der Waals surface area contributed by atoms with Gasteiger partial charge in [-0.1, -0.05) is 19.1 Å². The molecule has 1 aromatic heterocycles. The van der Waals surface area contributed by atoms with Crippen LogP contribution in [0.2, 0.25) is 0 Å². The Kier molecular flexibility index (Phi) is 9.43. The second-order valence-corrected chi connectivity index (χ2v) is 4.99. The van der Waals surface area contributed by atoms with Crippen molar-refractivity contribution in [2.24, 2.45) is 0 Å². The van der Waals surface area contributed by atoms with Crippen LogP contribution >= 0.6 is 28.3 Å². The SMILES string of the molecule is Br.CCCC(=O)OCC.Cc1nc2ccccc2s1. The van der Waals surface area contributed by atoms with Gasteiger partial charge in [0.15, 0.2) is 0 Å². The molecule has 0 aliphatic rings. The number of hydrogen-bond donors (Lipinski definition) is 0. The monoisotopic (exact) mass is 345 g/mol. The van der Waals surface area contributed by atoms with Crippen molar-refractivity contribution in [1.82, 2.24) is 4.98 Å². The number of fused-ring (bicyclic) bond motifs is 1. The first-order chi connectivity index (χ1) is 8.67. The van der Waals surface area contributed by atoms with Crippen molar-refractivity contribution in [2.75, 3.05) is 6.61 Å². The number of benzene rings is 1. The van der Waals surface area contributed by atoms with Crippen molar-refractivity contribution in [3.05, 3.63) is 29.3 Å². The Balaban J connectivity index is 0.000000335. The molecule has 2 rings (SSSR count). The minimum Gasteiger partial charge on any atom is -0.466 e. The molecule has 3 nitrogen and oxygen atoms in total. The molecule has 0 N–H and O–H groups in total. The molecule has 5 heteroatoms. The Morgan fingerprint density at radius 2 is 2.00 bits per heavy atom. The molecular formula is C14H20BrNO2S. The predicted octanol–water partition coefficient (Wildman–Crippen LogP) is 4.53. The van der Waals surface area contributed by atoms with Gasteiger partial charge in [0.25, 0.3) is 0 Å². The molecule has 0 aliphatic carbocycles. The van der Waals surface area contributed by atoms with E-state index in [2.05, 4.69) is 15.8 Å². The molecule has 0 saturated heterocycles. The molecule has 2 aromatic rings. The summed E-state index contributed by atoms with van der Waals surface area (Å²) in [5, 5.41) is 1.14. The molecule has 0 unspecified atom stereocenters. The van der Waals surface area contributed by atoms with E-state index < -0.39 is 0 Å². The van der Waals surface area contributed by atoms with Crippen molar-refractivity contribution in [1.29, 1.82) is 0 Å². The molecule has 0 bridgehead atoms. The van der Waals surface area contributed by atoms with Gasteiger partial charge in [-0.2, -0.15) is 0 Å². The molecule has 0 fully saturated rings. The van der Waals surface area contributed by atoms with Gasteiger partial charge in [-0.05, 0) is 32.4 Å². The second-order valence-electron chi connectivity index (χ2n) is 3.76. The highest BCUT2D eigenvalue weighted by atomic mass is 79.9. The summed E-state index contributed by atoms with van der Waals surface area (Å²) in [7, 11) is 0. The van der Waals surface area contributed by atoms with Crippen molar-refractivity contribution in [2.45, 2.75) is 33.6 Å². The standard InChI is InChI=1S/C8H7NS.C6H12O2.BrH/c1-6-9-7-4-2-3-5-8(7)10-6;1-3-5-6(7)8-4-2;/h2-5H,1H3;3-5H2,1-2H3;1H. The highest BCUT2D eigenvalue weighted by Crippen LogP contribution is 2.19. The van der Waals surface area contributed by atoms with Crippen molar-refractivity contribution in [3.63, 3.8) is 0 Å². The number of esters is 1. The van der Waals surface area contributed by atoms with Gasteiger partial charge < -0.3 is 4.74 Å². The number of hydrogen-bond acceptors (Lipinski definition) is 4. The van der Waals surface area contributed by atoms with Crippen LogP contribution in [-0.4, -0.2) is 17.6 Å². The first-order valence-electron chi connectivity index (χ1n) is 6.15. The second kappa shape index (κ2) is 9.92. The van der Waals surface area contributed by atoms with Gasteiger partial charge in [-0.3, -0.25) is 4.79 Å². The lowest BCUT2D eigenvalue weighted by Gasteiger charge is -1.96. The molecule has 0 saturated carbocycles. The highest BCUT2D eigenvalue weighted by molar-refractivity contribution is 8.93. The van der Waals surface area contributed by atoms with Crippen LogP contribution in [0.3, 0.4) is 0 Å². The van der Waals surface area contributed by atoms with Crippen molar-refractivity contribution in [3.8, 4) is 0 Å². The molecule has 0 spiro atoms. The summed E-state index contributed by atoms with van der Waals surface area (Å²) in [6.07, 6.45) is 1.42. The number of thiazole rings is 1. The lowest BCUT2D eigenvalue weighted by Crippen LogP contribution is -2.01. The summed E-state index contributed by atoms with van der Waals surface area (Å²) in [4.78, 5) is 14.8. The van der Waals surface area contributed by atoms with Gasteiger partial charge in [-0.15, -0.1) is 28.3 Å². The maximum absolute atomic E-state index is 10.4. The summed E-state index contributed by atoms with van der Waals surface area (Å²) in [5.41, 5.74) is 1.12. The van der Waals surface area contributed by atoms with Crippen molar-refractivity contribution < 1.29 is 9.53 Å². The molecular weight excluding hydrogens is 326 g/mol. The quantitative estimate of drug-likeness (QED) is 0.767. The number of ether oxygens (including phenoxy) is 1. The van der Waals surface area contributed by atoms with Crippen LogP contribution in [0.1, 0.15) is 31.7 Å². The van der Waals surface area contributed by atoms with E-state index in [9.17, 15) is 4.79 Å². The fourth-order valence-electron chi connectivity index (χ4n) is 1.42. The number of aromatic nitrogens is 1. The van der Waals surface area contributed by atoms with Gasteiger partial charge in [-0.25, -0.2) is 4.98 Å². The number of halogens is 1. The molecule has 19 heavy (non-hydrogen) atoms. The molecule has 0 amide bonds. The fourth-order valence-corrected chi connectivity index (χ4v) is 2.25. The third-order valence-corrected chi connectivity index (χ3v) is 3.11. The molecule has 0 radical (unpaired) electrons. The van der Waals surface area contributed by atoms with Crippen LogP contribution in [0.25, 0.3) is 10.2 Å². The van der Waals surface area contributed by atoms with E-state index in [1.165, 1.54) is 4.70 Å². The Morgan fingerprint density at radius 1 is 1.32 bits per heavy atom. The number of para-hydroxylation sites is 1. The van der Waals surface area contributed by atoms with E-state index in [0.29, 0.717) is 13.0 Å². The maximum atomic E-state index is 10.4. The third kappa shape index (κ3) is 6.68. The largest absolute Gasteiger partial charge is 0.466 e. The fraction of sp³-hybridized carbons (Fsp3) is 0.429. The number of carbonyl (C=O) groups is 1. The lowest BCUT2D eigenvalue weighted by molar-refractivity contribution is -0.143. The summed E-state index contributed by atoms with van der Waals surface area (Å²) < 4.78 is 5.92. The van der Waals surface area contributed by atoms with Gasteiger partial charge in [0, 0.05) is 6.42 Å². The topological polar surface area (TPSA) is 39.2 Å². The van der Waals surface area contributed by atoms with Crippen LogP contribution in [0.4, 0.5) is 0 Å². The Hall–Kier alpha value is -0.940. The molecule has 0 atom stereocenters. The first kappa shape index (κ1) is 18.1. The Bertz CT molecular complexity index is 458. The minimum atomic E-state index is -0.0880. The zero-order chi connectivity index (χ0) is 13.4. The third-order valence-electron chi connectivity index (χ3n) is 2.16. The average molecular weight is 346 g/mol. The lowest BCUT2D eigenvalue weighted by atomic mass is 10.3. The molecule has 0 aliphatic heterocycles. The van der Waals surface area contributed by atoms with Gasteiger partial charge in [0.2, 0.25) is 0 Å². The van der Waals surface area contributed by atoms with Gasteiger partial charge in [0.1, 0.15) is 0 Å². The van der Waals surface area contributed by atoms with Crippen molar-refractivity contribution >= 4 is 44.5 Å². The van der Waals surface area contributed by atoms with E-state index in [1.54, 1.807) is 11.3 Å². The Morgan fingerprint density at radius 3 is 2.58 bits per heavy atom. The van der Waals surface area contributed by atoms with E-state index in [1.807, 2.05) is 39.0 Å². The highest BCUT2D eigenvalue weighted by Gasteiger charge is 1.96. The molecule has 1 aromatic carbocycles. The van der Waals surface area contributed by atoms with Crippen LogP contribution in [0.5, 0.6) is 0 Å². The number of nitrogens with zero attached hydrogens (tertiary/aromatic N) is 1. The normalized spacial score (nSPS) is 9.21. The summed E-state index contributed by atoms with van der Waals surface area (Å²) in [6, 6.07) is 8.19. The van der Waals surface area contributed by atoms with E-state index >= 15 is 0 Å². The zero-order valence-electron chi connectivity index (χ0n) is 11.5. The number of carbonyl (C=O) groups excluding carboxylic acids is 1. The molecule has 106 valence electrons. The van der Waals surface area contributed by atoms with Crippen LogP contribution < -0.4 is 0 Å². The van der Waals surface area contributed by atoms with E-state index in [4.69, 9.17) is 0 Å². The van der Waals surface area contributed by atoms with Gasteiger partial charge in [0.05, 0.1) is 21.8 Å². The molecule has 1 heterocycles. The summed E-state index contributed by atoms with van der Waals surface area (Å²) >= 11 is 1.74. The van der Waals surface area contributed by atoms with Crippen LogP contribution in [0.15, 0.2) is 24.3 Å². The first-order valence-corrected chi connectivity index (χ1v) is 6.96. The number of rotatable bonds is 3. The summed E-state index contributed by atoms with van der Waals surface area (Å²) in [6.45, 7) is 6.30. The van der Waals surface area contributed by atoms with Crippen LogP contribution in [0, 0.1) is 6.92 Å². The predicted molar refractivity (Wildman–Crippen MR) is 86.2 cm³/mol. The maximum Gasteiger partial charge on any atom is 0.305 e. The Labute approximate surface area is 128 Å². The average Bonchev–Trinajstić information content (AvgIpc) is 2.70. The zero-order valence-corrected chi connectivity index (χ0v) is 14.0. The smallest absolute Gasteiger partial charge is 0.305 e. The van der Waals surface area contributed by atoms with Crippen LogP contribution in [-0.2, 0) is 9.53 Å². The minimum absolute atomic E-state index is 0. The summed E-state index contributed by atoms with van der Waals surface area (Å²) in [5.74, 6) is -0.0880. The van der Waals surface area contributed by atoms with E-state index in [0.717, 1.165) is 16.9 Å². The van der Waals surface area contributed by atoms with E-state index in [-0.39, 0.29) is 23.0 Å². The number of aryl methyl sites for hydroxylation is 1. The van der Waals surface area contributed by atoms with Gasteiger partial charge >= 0.3 is 5.97 Å².